The Hall–Kier alpha value is -7.42. The van der Waals surface area contributed by atoms with Gasteiger partial charge in [0, 0.05) is 32.8 Å². The summed E-state index contributed by atoms with van der Waals surface area (Å²) in [5, 5.41) is 9.26. The molecule has 0 fully saturated rings. The Morgan fingerprint density at radius 3 is 1.71 bits per heavy atom. The lowest BCUT2D eigenvalue weighted by molar-refractivity contribution is 0.673. The Bertz CT molecular complexity index is 3250. The zero-order valence-corrected chi connectivity index (χ0v) is 30.6. The second kappa shape index (κ2) is 13.2. The fraction of sp³-hybridized carbons (Fsp3) is 0. The molecule has 0 aliphatic rings. The van der Waals surface area contributed by atoms with Crippen molar-refractivity contribution >= 4 is 71.3 Å². The maximum Gasteiger partial charge on any atom is 0.143 e. The molecule has 0 spiro atoms. The van der Waals surface area contributed by atoms with Crippen LogP contribution < -0.4 is 4.90 Å². The van der Waals surface area contributed by atoms with Gasteiger partial charge in [0.1, 0.15) is 11.2 Å². The van der Waals surface area contributed by atoms with Crippen LogP contribution in [0, 0.1) is 0 Å². The third-order valence-electron chi connectivity index (χ3n) is 11.2. The van der Waals surface area contributed by atoms with Crippen molar-refractivity contribution in [3.63, 3.8) is 0 Å². The summed E-state index contributed by atoms with van der Waals surface area (Å²) in [5.41, 5.74) is 12.1. The van der Waals surface area contributed by atoms with E-state index in [1.807, 2.05) is 0 Å². The van der Waals surface area contributed by atoms with Crippen LogP contribution in [0.4, 0.5) is 17.1 Å². The van der Waals surface area contributed by atoms with E-state index in [-0.39, 0.29) is 0 Å². The second-order valence-electron chi connectivity index (χ2n) is 14.5. The highest BCUT2D eigenvalue weighted by molar-refractivity contribution is 6.23. The van der Waals surface area contributed by atoms with Gasteiger partial charge in [-0.15, -0.1) is 0 Å². The molecule has 0 radical (unpaired) electrons. The van der Waals surface area contributed by atoms with Crippen molar-refractivity contribution in [2.24, 2.45) is 0 Å². The topological polar surface area (TPSA) is 16.4 Å². The molecule has 0 unspecified atom stereocenters. The van der Waals surface area contributed by atoms with E-state index in [4.69, 9.17) is 4.42 Å². The van der Waals surface area contributed by atoms with Gasteiger partial charge in [0.25, 0.3) is 0 Å². The van der Waals surface area contributed by atoms with Gasteiger partial charge in [0.2, 0.25) is 0 Å². The summed E-state index contributed by atoms with van der Waals surface area (Å²) in [7, 11) is 0. The number of para-hydroxylation sites is 1. The van der Waals surface area contributed by atoms with Crippen LogP contribution in [-0.4, -0.2) is 0 Å². The highest BCUT2D eigenvalue weighted by Crippen LogP contribution is 2.48. The molecule has 0 bridgehead atoms. The van der Waals surface area contributed by atoms with Crippen molar-refractivity contribution in [3.8, 4) is 33.4 Å². The van der Waals surface area contributed by atoms with Gasteiger partial charge in [-0.1, -0.05) is 176 Å². The molecule has 0 saturated heterocycles. The van der Waals surface area contributed by atoms with Gasteiger partial charge in [-0.05, 0) is 85.8 Å². The lowest BCUT2D eigenvalue weighted by Crippen LogP contribution is -2.12. The van der Waals surface area contributed by atoms with Gasteiger partial charge < -0.3 is 9.32 Å². The molecule has 0 atom stereocenters. The average molecular weight is 714 g/mol. The number of fused-ring (bicyclic) bond motifs is 7. The molecule has 0 amide bonds. The predicted octanol–water partition coefficient (Wildman–Crippen LogP) is 15.5. The highest BCUT2D eigenvalue weighted by atomic mass is 16.3. The first-order chi connectivity index (χ1) is 27.8. The molecular formula is C54H35NO. The first-order valence-electron chi connectivity index (χ1n) is 19.2. The molecule has 2 heteroatoms. The van der Waals surface area contributed by atoms with E-state index in [9.17, 15) is 0 Å². The van der Waals surface area contributed by atoms with Crippen molar-refractivity contribution in [1.29, 1.82) is 0 Å². The second-order valence-corrected chi connectivity index (χ2v) is 14.5. The van der Waals surface area contributed by atoms with Crippen LogP contribution >= 0.6 is 0 Å². The molecule has 11 rings (SSSR count). The van der Waals surface area contributed by atoms with Crippen LogP contribution in [0.1, 0.15) is 0 Å². The van der Waals surface area contributed by atoms with Crippen molar-refractivity contribution in [1.82, 2.24) is 0 Å². The number of hydrogen-bond donors (Lipinski definition) is 0. The van der Waals surface area contributed by atoms with Gasteiger partial charge >= 0.3 is 0 Å². The molecule has 262 valence electrons. The number of anilines is 3. The van der Waals surface area contributed by atoms with Gasteiger partial charge in [0.05, 0.1) is 11.4 Å². The minimum Gasteiger partial charge on any atom is -0.455 e. The van der Waals surface area contributed by atoms with Gasteiger partial charge in [-0.2, -0.15) is 0 Å². The maximum atomic E-state index is 6.84. The lowest BCUT2D eigenvalue weighted by Gasteiger charge is -2.29. The summed E-state index contributed by atoms with van der Waals surface area (Å²) in [5.74, 6) is 0. The number of furan rings is 1. The molecule has 0 saturated carbocycles. The molecule has 0 N–H and O–H groups in total. The first-order valence-corrected chi connectivity index (χ1v) is 19.2. The smallest absolute Gasteiger partial charge is 0.143 e. The molecule has 11 aromatic rings. The van der Waals surface area contributed by atoms with Crippen LogP contribution in [0.5, 0.6) is 0 Å². The third kappa shape index (κ3) is 5.34. The van der Waals surface area contributed by atoms with E-state index in [1.54, 1.807) is 0 Å². The largest absolute Gasteiger partial charge is 0.455 e. The number of nitrogens with zero attached hydrogens (tertiary/aromatic N) is 1. The van der Waals surface area contributed by atoms with Crippen molar-refractivity contribution in [3.05, 3.63) is 212 Å². The number of benzene rings is 10. The summed E-state index contributed by atoms with van der Waals surface area (Å²) in [4.78, 5) is 2.45. The molecule has 56 heavy (non-hydrogen) atoms. The fourth-order valence-corrected chi connectivity index (χ4v) is 8.52. The van der Waals surface area contributed by atoms with Crippen molar-refractivity contribution < 1.29 is 4.42 Å². The zero-order valence-electron chi connectivity index (χ0n) is 30.6. The molecule has 0 aliphatic heterocycles. The highest BCUT2D eigenvalue weighted by Gasteiger charge is 2.24. The van der Waals surface area contributed by atoms with E-state index < -0.39 is 0 Å². The average Bonchev–Trinajstić information content (AvgIpc) is 3.66. The lowest BCUT2D eigenvalue weighted by atomic mass is 9.95. The van der Waals surface area contributed by atoms with Crippen LogP contribution in [0.3, 0.4) is 0 Å². The van der Waals surface area contributed by atoms with Crippen molar-refractivity contribution in [2.45, 2.75) is 0 Å². The normalized spacial score (nSPS) is 11.6. The van der Waals surface area contributed by atoms with Crippen molar-refractivity contribution in [2.75, 3.05) is 4.90 Å². The Morgan fingerprint density at radius 2 is 0.911 bits per heavy atom. The third-order valence-corrected chi connectivity index (χ3v) is 11.2. The number of hydrogen-bond acceptors (Lipinski definition) is 2. The Labute approximate surface area is 325 Å². The van der Waals surface area contributed by atoms with Gasteiger partial charge in [0.15, 0.2) is 0 Å². The molecule has 1 heterocycles. The van der Waals surface area contributed by atoms with Crippen LogP contribution in [0.2, 0.25) is 0 Å². The van der Waals surface area contributed by atoms with Gasteiger partial charge in [-0.25, -0.2) is 0 Å². The Balaban J connectivity index is 1.18. The summed E-state index contributed by atoms with van der Waals surface area (Å²) in [6.45, 7) is 0. The fourth-order valence-electron chi connectivity index (χ4n) is 8.52. The van der Waals surface area contributed by atoms with E-state index in [2.05, 4.69) is 217 Å². The zero-order chi connectivity index (χ0) is 37.0. The van der Waals surface area contributed by atoms with Gasteiger partial charge in [-0.3, -0.25) is 0 Å². The molecule has 10 aromatic carbocycles. The maximum absolute atomic E-state index is 6.84. The summed E-state index contributed by atoms with van der Waals surface area (Å²) in [6, 6.07) is 76.5. The van der Waals surface area contributed by atoms with Crippen LogP contribution in [-0.2, 0) is 0 Å². The Morgan fingerprint density at radius 1 is 0.321 bits per heavy atom. The summed E-state index contributed by atoms with van der Waals surface area (Å²) in [6.07, 6.45) is 0. The molecule has 2 nitrogen and oxygen atoms in total. The van der Waals surface area contributed by atoms with E-state index in [0.29, 0.717) is 0 Å². The SMILES string of the molecule is c1ccc(-c2ccc(-c3ccccc3N(c3ccc4ccccc4c3)c3cc4c(oc5cccc(-c6ccc7ccccc7c6)c54)c4ccccc34)cc2)cc1. The van der Waals surface area contributed by atoms with E-state index in [0.717, 1.165) is 66.5 Å². The quantitative estimate of drug-likeness (QED) is 0.171. The van der Waals surface area contributed by atoms with E-state index in [1.165, 1.54) is 38.2 Å². The minimum absolute atomic E-state index is 0.879. The van der Waals surface area contributed by atoms with E-state index >= 15 is 0 Å². The number of rotatable bonds is 6. The summed E-state index contributed by atoms with van der Waals surface area (Å²) < 4.78 is 6.84. The predicted molar refractivity (Wildman–Crippen MR) is 237 cm³/mol. The first kappa shape index (κ1) is 32.0. The summed E-state index contributed by atoms with van der Waals surface area (Å²) >= 11 is 0. The molecule has 0 aliphatic carbocycles. The monoisotopic (exact) mass is 713 g/mol. The molecule has 1 aromatic heterocycles. The molecular weight excluding hydrogens is 679 g/mol. The van der Waals surface area contributed by atoms with Crippen LogP contribution in [0.15, 0.2) is 217 Å². The van der Waals surface area contributed by atoms with Crippen LogP contribution in [0.25, 0.3) is 87.6 Å². The standard InChI is InChI=1S/C54H35NO/c1-2-13-36(14-3-1)39-25-28-40(29-26-39)45-19-10-11-23-50(45)55(44-32-31-38-16-5-7-18-42(38)34-44)51-35-49-53-46(43-30-27-37-15-4-6-17-41(37)33-43)22-12-24-52(53)56-54(49)48-21-9-8-20-47(48)51/h1-35H. The minimum atomic E-state index is 0.879. The Kier molecular flexibility index (Phi) is 7.53.